The number of hydrogen-bond donors (Lipinski definition) is 0. The van der Waals surface area contributed by atoms with E-state index in [-0.39, 0.29) is 5.91 Å². The smallest absolute Gasteiger partial charge is 0.254 e. The molecule has 1 aliphatic rings. The standard InChI is InChI=1S/C11H15BrN2OS/c1-2-13-3-5-14(6-4-13)11(15)9-7-10(12)16-8-9/h7-8H,2-6H2,1H3. The molecule has 5 heteroatoms. The molecule has 0 unspecified atom stereocenters. The van der Waals surface area contributed by atoms with E-state index in [1.165, 1.54) is 0 Å². The molecule has 0 radical (unpaired) electrons. The van der Waals surface area contributed by atoms with Gasteiger partial charge in [-0.3, -0.25) is 4.79 Å². The molecule has 3 nitrogen and oxygen atoms in total. The molecule has 0 aliphatic carbocycles. The molecule has 1 fully saturated rings. The van der Waals surface area contributed by atoms with Crippen LogP contribution in [0.3, 0.4) is 0 Å². The number of carbonyl (C=O) groups is 1. The largest absolute Gasteiger partial charge is 0.336 e. The fourth-order valence-corrected chi connectivity index (χ4v) is 3.00. The third-order valence-electron chi connectivity index (χ3n) is 2.92. The van der Waals surface area contributed by atoms with Crippen LogP contribution in [0.5, 0.6) is 0 Å². The van der Waals surface area contributed by atoms with E-state index in [0.29, 0.717) is 0 Å². The highest BCUT2D eigenvalue weighted by atomic mass is 79.9. The molecule has 0 saturated carbocycles. The van der Waals surface area contributed by atoms with Crippen LogP contribution in [-0.2, 0) is 0 Å². The minimum atomic E-state index is 0.165. The summed E-state index contributed by atoms with van der Waals surface area (Å²) in [4.78, 5) is 16.4. The molecule has 0 atom stereocenters. The van der Waals surface area contributed by atoms with Crippen LogP contribution in [0, 0.1) is 0 Å². The van der Waals surface area contributed by atoms with Gasteiger partial charge in [0.15, 0.2) is 0 Å². The lowest BCUT2D eigenvalue weighted by atomic mass is 10.2. The molecule has 1 aliphatic heterocycles. The van der Waals surface area contributed by atoms with Gasteiger partial charge in [-0.05, 0) is 28.5 Å². The van der Waals surface area contributed by atoms with E-state index in [9.17, 15) is 4.79 Å². The Morgan fingerprint density at radius 2 is 2.12 bits per heavy atom. The molecule has 1 amide bonds. The van der Waals surface area contributed by atoms with Crippen LogP contribution in [0.2, 0.25) is 0 Å². The Hall–Kier alpha value is -0.390. The average molecular weight is 303 g/mol. The SMILES string of the molecule is CCN1CCN(C(=O)c2csc(Br)c2)CC1. The molecule has 1 saturated heterocycles. The predicted octanol–water partition coefficient (Wildman–Crippen LogP) is 2.29. The zero-order valence-corrected chi connectivity index (χ0v) is 11.7. The lowest BCUT2D eigenvalue weighted by molar-refractivity contribution is 0.0644. The van der Waals surface area contributed by atoms with Gasteiger partial charge in [-0.1, -0.05) is 6.92 Å². The van der Waals surface area contributed by atoms with Gasteiger partial charge in [0.25, 0.3) is 5.91 Å². The summed E-state index contributed by atoms with van der Waals surface area (Å²) >= 11 is 4.95. The molecule has 16 heavy (non-hydrogen) atoms. The molecule has 0 aromatic carbocycles. The summed E-state index contributed by atoms with van der Waals surface area (Å²) in [5.41, 5.74) is 0.807. The first-order valence-electron chi connectivity index (χ1n) is 5.46. The van der Waals surface area contributed by atoms with E-state index in [1.807, 2.05) is 16.3 Å². The first-order valence-corrected chi connectivity index (χ1v) is 7.13. The second kappa shape index (κ2) is 5.29. The monoisotopic (exact) mass is 302 g/mol. The van der Waals surface area contributed by atoms with Gasteiger partial charge in [-0.15, -0.1) is 11.3 Å². The lowest BCUT2D eigenvalue weighted by Crippen LogP contribution is -2.48. The fourth-order valence-electron chi connectivity index (χ4n) is 1.87. The Balaban J connectivity index is 1.96. The van der Waals surface area contributed by atoms with E-state index in [2.05, 4.69) is 27.8 Å². The maximum absolute atomic E-state index is 12.1. The molecule has 1 aromatic rings. The topological polar surface area (TPSA) is 23.6 Å². The minimum absolute atomic E-state index is 0.165. The van der Waals surface area contributed by atoms with Crippen molar-refractivity contribution < 1.29 is 4.79 Å². The van der Waals surface area contributed by atoms with E-state index in [4.69, 9.17) is 0 Å². The van der Waals surface area contributed by atoms with Gasteiger partial charge in [0, 0.05) is 31.6 Å². The number of carbonyl (C=O) groups excluding carboxylic acids is 1. The molecule has 0 bridgehead atoms. The van der Waals surface area contributed by atoms with Gasteiger partial charge in [-0.25, -0.2) is 0 Å². The number of piperazine rings is 1. The third-order valence-corrected chi connectivity index (χ3v) is 4.43. The molecule has 0 N–H and O–H groups in total. The Morgan fingerprint density at radius 1 is 1.44 bits per heavy atom. The molecule has 1 aromatic heterocycles. The van der Waals surface area contributed by atoms with Crippen LogP contribution in [0.4, 0.5) is 0 Å². The zero-order chi connectivity index (χ0) is 11.5. The van der Waals surface area contributed by atoms with E-state index < -0.39 is 0 Å². The summed E-state index contributed by atoms with van der Waals surface area (Å²) in [6.45, 7) is 6.92. The summed E-state index contributed by atoms with van der Waals surface area (Å²) < 4.78 is 1.02. The van der Waals surface area contributed by atoms with Crippen LogP contribution in [-0.4, -0.2) is 48.4 Å². The van der Waals surface area contributed by atoms with Crippen molar-refractivity contribution in [3.8, 4) is 0 Å². The molecular formula is C11H15BrN2OS. The van der Waals surface area contributed by atoms with Gasteiger partial charge in [0.1, 0.15) is 0 Å². The Labute approximate surface area is 108 Å². The maximum atomic E-state index is 12.1. The van der Waals surface area contributed by atoms with Crippen molar-refractivity contribution in [1.29, 1.82) is 0 Å². The first-order chi connectivity index (χ1) is 7.70. The number of amides is 1. The van der Waals surface area contributed by atoms with Gasteiger partial charge in [0.05, 0.1) is 9.35 Å². The van der Waals surface area contributed by atoms with Crippen LogP contribution in [0.1, 0.15) is 17.3 Å². The molecule has 2 heterocycles. The van der Waals surface area contributed by atoms with Crippen molar-refractivity contribution in [1.82, 2.24) is 9.80 Å². The maximum Gasteiger partial charge on any atom is 0.254 e. The van der Waals surface area contributed by atoms with Crippen molar-refractivity contribution in [2.75, 3.05) is 32.7 Å². The molecule has 2 rings (SSSR count). The minimum Gasteiger partial charge on any atom is -0.336 e. The lowest BCUT2D eigenvalue weighted by Gasteiger charge is -2.33. The number of hydrogen-bond acceptors (Lipinski definition) is 3. The van der Waals surface area contributed by atoms with Crippen molar-refractivity contribution in [2.45, 2.75) is 6.92 Å². The van der Waals surface area contributed by atoms with Crippen molar-refractivity contribution in [3.05, 3.63) is 20.8 Å². The zero-order valence-electron chi connectivity index (χ0n) is 9.28. The fraction of sp³-hybridized carbons (Fsp3) is 0.545. The number of thiophene rings is 1. The van der Waals surface area contributed by atoms with E-state index in [0.717, 1.165) is 42.1 Å². The van der Waals surface area contributed by atoms with Gasteiger partial charge in [-0.2, -0.15) is 0 Å². The Kier molecular flexibility index (Phi) is 4.00. The van der Waals surface area contributed by atoms with Crippen molar-refractivity contribution in [2.24, 2.45) is 0 Å². The highest BCUT2D eigenvalue weighted by Gasteiger charge is 2.21. The summed E-state index contributed by atoms with van der Waals surface area (Å²) in [7, 11) is 0. The van der Waals surface area contributed by atoms with Crippen molar-refractivity contribution >= 4 is 33.2 Å². The average Bonchev–Trinajstić information content (AvgIpc) is 2.75. The van der Waals surface area contributed by atoms with Gasteiger partial charge in [0.2, 0.25) is 0 Å². The number of halogens is 1. The molecular weight excluding hydrogens is 288 g/mol. The third kappa shape index (κ3) is 2.64. The highest BCUT2D eigenvalue weighted by Crippen LogP contribution is 2.22. The summed E-state index contributed by atoms with van der Waals surface area (Å²) in [5.74, 6) is 0.165. The summed E-state index contributed by atoms with van der Waals surface area (Å²) in [6, 6.07) is 1.90. The Bertz CT molecular complexity index is 372. The normalized spacial score (nSPS) is 17.8. The van der Waals surface area contributed by atoms with Gasteiger partial charge < -0.3 is 9.80 Å². The quantitative estimate of drug-likeness (QED) is 0.837. The summed E-state index contributed by atoms with van der Waals surface area (Å²) in [5, 5.41) is 1.92. The van der Waals surface area contributed by atoms with E-state index in [1.54, 1.807) is 11.3 Å². The van der Waals surface area contributed by atoms with Crippen LogP contribution in [0.15, 0.2) is 15.2 Å². The second-order valence-electron chi connectivity index (χ2n) is 3.87. The molecule has 0 spiro atoms. The predicted molar refractivity (Wildman–Crippen MR) is 70.0 cm³/mol. The van der Waals surface area contributed by atoms with Crippen LogP contribution < -0.4 is 0 Å². The van der Waals surface area contributed by atoms with E-state index >= 15 is 0 Å². The molecule has 88 valence electrons. The van der Waals surface area contributed by atoms with Crippen LogP contribution >= 0.6 is 27.3 Å². The van der Waals surface area contributed by atoms with Crippen molar-refractivity contribution in [3.63, 3.8) is 0 Å². The Morgan fingerprint density at radius 3 is 2.62 bits per heavy atom. The summed E-state index contributed by atoms with van der Waals surface area (Å²) in [6.07, 6.45) is 0. The number of nitrogens with zero attached hydrogens (tertiary/aromatic N) is 2. The van der Waals surface area contributed by atoms with Crippen LogP contribution in [0.25, 0.3) is 0 Å². The second-order valence-corrected chi connectivity index (χ2v) is 6.16. The number of rotatable bonds is 2. The number of likely N-dealkylation sites (N-methyl/N-ethyl adjacent to an activating group) is 1. The highest BCUT2D eigenvalue weighted by molar-refractivity contribution is 9.11. The van der Waals surface area contributed by atoms with Gasteiger partial charge >= 0.3 is 0 Å². The first kappa shape index (κ1) is 12.1.